The Morgan fingerprint density at radius 1 is 0.259 bits per heavy atom. The van der Waals surface area contributed by atoms with Crippen LogP contribution in [0.25, 0.3) is 110 Å². The van der Waals surface area contributed by atoms with Gasteiger partial charge in [0.1, 0.15) is 0 Å². The largest absolute Gasteiger partial charge is 0.228 e. The minimum Gasteiger partial charge on any atom is -0.228 e. The Hall–Kier alpha value is -7.68. The Morgan fingerprint density at radius 3 is 1.43 bits per heavy atom. The van der Waals surface area contributed by atoms with Gasteiger partial charge in [0.2, 0.25) is 0 Å². The molecular weight excluding hydrogens is 701 g/mol. The van der Waals surface area contributed by atoms with E-state index in [1.54, 1.807) is 0 Å². The summed E-state index contributed by atoms with van der Waals surface area (Å²) in [5.41, 5.74) is 12.2. The number of hydrogen-bond acceptors (Lipinski definition) is 2. The number of benzene rings is 10. The van der Waals surface area contributed by atoms with Gasteiger partial charge in [-0.2, -0.15) is 0 Å². The van der Waals surface area contributed by atoms with Gasteiger partial charge in [-0.3, -0.25) is 0 Å². The van der Waals surface area contributed by atoms with E-state index in [9.17, 15) is 0 Å². The van der Waals surface area contributed by atoms with Crippen LogP contribution in [0, 0.1) is 0 Å². The van der Waals surface area contributed by atoms with Crippen LogP contribution in [0.3, 0.4) is 0 Å². The van der Waals surface area contributed by atoms with Crippen molar-refractivity contribution in [2.45, 2.75) is 0 Å². The Balaban J connectivity index is 1.00. The lowest BCUT2D eigenvalue weighted by Crippen LogP contribution is -1.96. The highest BCUT2D eigenvalue weighted by Crippen LogP contribution is 2.46. The van der Waals surface area contributed by atoms with Crippen molar-refractivity contribution in [1.82, 2.24) is 9.97 Å². The van der Waals surface area contributed by atoms with Crippen molar-refractivity contribution in [1.29, 1.82) is 0 Å². The van der Waals surface area contributed by atoms with Crippen LogP contribution in [0.15, 0.2) is 218 Å². The fourth-order valence-electron chi connectivity index (χ4n) is 8.72. The first kappa shape index (κ1) is 33.6. The Morgan fingerprint density at radius 2 is 0.741 bits per heavy atom. The molecule has 11 rings (SSSR count). The van der Waals surface area contributed by atoms with E-state index in [4.69, 9.17) is 9.97 Å². The molecule has 0 aliphatic rings. The maximum absolute atomic E-state index is 5.11. The molecule has 270 valence electrons. The van der Waals surface area contributed by atoms with Crippen LogP contribution in [0.1, 0.15) is 0 Å². The number of rotatable bonds is 6. The van der Waals surface area contributed by atoms with Crippen LogP contribution in [-0.2, 0) is 0 Å². The first-order chi connectivity index (χ1) is 28.8. The molecule has 0 bridgehead atoms. The summed E-state index contributed by atoms with van der Waals surface area (Å²) in [6.07, 6.45) is 0. The predicted molar refractivity (Wildman–Crippen MR) is 245 cm³/mol. The summed E-state index contributed by atoms with van der Waals surface area (Å²) >= 11 is 0. The molecule has 0 saturated carbocycles. The topological polar surface area (TPSA) is 25.8 Å². The van der Waals surface area contributed by atoms with Crippen LogP contribution >= 0.6 is 0 Å². The first-order valence-electron chi connectivity index (χ1n) is 19.8. The van der Waals surface area contributed by atoms with Crippen molar-refractivity contribution < 1.29 is 0 Å². The zero-order valence-electron chi connectivity index (χ0n) is 31.7. The van der Waals surface area contributed by atoms with Crippen LogP contribution in [-0.4, -0.2) is 9.97 Å². The van der Waals surface area contributed by atoms with Gasteiger partial charge in [-0.15, -0.1) is 0 Å². The third-order valence-corrected chi connectivity index (χ3v) is 11.5. The molecule has 0 atom stereocenters. The zero-order valence-corrected chi connectivity index (χ0v) is 31.7. The van der Waals surface area contributed by atoms with Crippen LogP contribution in [0.2, 0.25) is 0 Å². The van der Waals surface area contributed by atoms with Gasteiger partial charge in [-0.1, -0.05) is 212 Å². The van der Waals surface area contributed by atoms with Gasteiger partial charge in [0.15, 0.2) is 5.82 Å². The SMILES string of the molecule is c1ccc(-c2nc(-c3ccc(-c4ccc(-c5c6ccccc6c(-c6ccccc6)c6c5ccc5ccccc56)cc4)cc3)cc(-c3cccc4ccccc34)n2)cc1. The van der Waals surface area contributed by atoms with Gasteiger partial charge in [0, 0.05) is 16.7 Å². The van der Waals surface area contributed by atoms with E-state index in [0.29, 0.717) is 5.82 Å². The van der Waals surface area contributed by atoms with E-state index in [0.717, 1.165) is 33.6 Å². The smallest absolute Gasteiger partial charge is 0.160 e. The average molecular weight is 737 g/mol. The van der Waals surface area contributed by atoms with Crippen molar-refractivity contribution in [3.05, 3.63) is 218 Å². The van der Waals surface area contributed by atoms with E-state index >= 15 is 0 Å². The molecule has 58 heavy (non-hydrogen) atoms. The molecule has 0 fully saturated rings. The maximum atomic E-state index is 5.11. The normalized spacial score (nSPS) is 11.4. The summed E-state index contributed by atoms with van der Waals surface area (Å²) in [5, 5.41) is 9.95. The predicted octanol–water partition coefficient (Wildman–Crippen LogP) is 15.1. The Labute approximate surface area is 337 Å². The second kappa shape index (κ2) is 14.1. The van der Waals surface area contributed by atoms with E-state index in [1.807, 2.05) is 18.2 Å². The van der Waals surface area contributed by atoms with E-state index in [-0.39, 0.29) is 0 Å². The highest BCUT2D eigenvalue weighted by Gasteiger charge is 2.19. The van der Waals surface area contributed by atoms with Gasteiger partial charge in [0.05, 0.1) is 11.4 Å². The molecule has 11 aromatic rings. The lowest BCUT2D eigenvalue weighted by molar-refractivity contribution is 1.18. The minimum atomic E-state index is 0.713. The second-order valence-electron chi connectivity index (χ2n) is 14.9. The maximum Gasteiger partial charge on any atom is 0.160 e. The fraction of sp³-hybridized carbons (Fsp3) is 0. The fourth-order valence-corrected chi connectivity index (χ4v) is 8.72. The lowest BCUT2D eigenvalue weighted by Gasteiger charge is -2.19. The van der Waals surface area contributed by atoms with Crippen molar-refractivity contribution in [3.8, 4) is 67.3 Å². The minimum absolute atomic E-state index is 0.713. The molecule has 0 aliphatic carbocycles. The monoisotopic (exact) mass is 736 g/mol. The van der Waals surface area contributed by atoms with E-state index in [1.165, 1.54) is 70.9 Å². The zero-order chi connectivity index (χ0) is 38.4. The van der Waals surface area contributed by atoms with Crippen molar-refractivity contribution >= 4 is 43.1 Å². The lowest BCUT2D eigenvalue weighted by atomic mass is 9.84. The summed E-state index contributed by atoms with van der Waals surface area (Å²) in [4.78, 5) is 10.2. The van der Waals surface area contributed by atoms with E-state index < -0.39 is 0 Å². The molecule has 2 heteroatoms. The molecule has 1 aromatic heterocycles. The molecule has 0 saturated heterocycles. The molecule has 0 amide bonds. The highest BCUT2D eigenvalue weighted by atomic mass is 14.9. The van der Waals surface area contributed by atoms with Gasteiger partial charge < -0.3 is 0 Å². The van der Waals surface area contributed by atoms with Crippen LogP contribution < -0.4 is 0 Å². The first-order valence-corrected chi connectivity index (χ1v) is 19.8. The summed E-state index contributed by atoms with van der Waals surface area (Å²) < 4.78 is 0. The summed E-state index contributed by atoms with van der Waals surface area (Å²) in [7, 11) is 0. The number of hydrogen-bond donors (Lipinski definition) is 0. The average Bonchev–Trinajstić information content (AvgIpc) is 3.31. The third kappa shape index (κ3) is 5.82. The molecule has 0 spiro atoms. The van der Waals surface area contributed by atoms with Gasteiger partial charge in [-0.05, 0) is 82.5 Å². The van der Waals surface area contributed by atoms with Gasteiger partial charge in [-0.25, -0.2) is 9.97 Å². The quantitative estimate of drug-likeness (QED) is 0.125. The van der Waals surface area contributed by atoms with Crippen molar-refractivity contribution in [2.75, 3.05) is 0 Å². The van der Waals surface area contributed by atoms with Gasteiger partial charge >= 0.3 is 0 Å². The Kier molecular flexibility index (Phi) is 8.19. The molecule has 0 radical (unpaired) electrons. The number of nitrogens with zero attached hydrogens (tertiary/aromatic N) is 2. The summed E-state index contributed by atoms with van der Waals surface area (Å²) in [6.45, 7) is 0. The summed E-state index contributed by atoms with van der Waals surface area (Å²) in [6, 6.07) is 78.2. The second-order valence-corrected chi connectivity index (χ2v) is 14.9. The van der Waals surface area contributed by atoms with Crippen molar-refractivity contribution in [3.63, 3.8) is 0 Å². The highest BCUT2D eigenvalue weighted by molar-refractivity contribution is 6.27. The van der Waals surface area contributed by atoms with E-state index in [2.05, 4.69) is 200 Å². The van der Waals surface area contributed by atoms with Gasteiger partial charge in [0.25, 0.3) is 0 Å². The molecule has 0 unspecified atom stereocenters. The molecular formula is C56H36N2. The third-order valence-electron chi connectivity index (χ3n) is 11.5. The van der Waals surface area contributed by atoms with Crippen LogP contribution in [0.5, 0.6) is 0 Å². The molecule has 0 N–H and O–H groups in total. The molecule has 10 aromatic carbocycles. The molecule has 2 nitrogen and oxygen atoms in total. The standard InChI is InChI=1S/C56H36N2/c1-3-16-42(17-4-1)54-49-24-12-11-23-48(49)53(50-35-34-40-15-8-10-22-46(40)55(50)54)43-32-28-38(29-33-43)37-26-30-41(31-27-37)51-36-52(58-56(57-51)44-18-5-2-6-19-44)47-25-13-20-39-14-7-9-21-45(39)47/h1-36H. The van der Waals surface area contributed by atoms with Crippen molar-refractivity contribution in [2.24, 2.45) is 0 Å². The Bertz CT molecular complexity index is 3290. The number of aromatic nitrogens is 2. The van der Waals surface area contributed by atoms with Crippen LogP contribution in [0.4, 0.5) is 0 Å². The molecule has 0 aliphatic heterocycles. The molecule has 1 heterocycles. The summed E-state index contributed by atoms with van der Waals surface area (Å²) in [5.74, 6) is 0.713. The number of fused-ring (bicyclic) bond motifs is 5.